The molecule has 0 fully saturated rings. The molecule has 1 aromatic heterocycles. The van der Waals surface area contributed by atoms with Crippen molar-refractivity contribution in [1.82, 2.24) is 9.55 Å². The minimum absolute atomic E-state index is 0.361. The lowest BCUT2D eigenvalue weighted by Gasteiger charge is -2.10. The average Bonchev–Trinajstić information content (AvgIpc) is 3.23. The molecule has 29 heavy (non-hydrogen) atoms. The Morgan fingerprint density at radius 1 is 0.897 bits per heavy atom. The normalized spacial score (nSPS) is 10.3. The van der Waals surface area contributed by atoms with Gasteiger partial charge in [-0.05, 0) is 54.1 Å². The zero-order valence-electron chi connectivity index (χ0n) is 15.9. The third-order valence-electron chi connectivity index (χ3n) is 4.53. The van der Waals surface area contributed by atoms with Gasteiger partial charge in [-0.25, -0.2) is 4.98 Å². The molecule has 0 N–H and O–H groups in total. The summed E-state index contributed by atoms with van der Waals surface area (Å²) in [4.78, 5) is 4.46. The predicted octanol–water partition coefficient (Wildman–Crippen LogP) is 5.00. The minimum Gasteiger partial charge on any atom is -0.497 e. The van der Waals surface area contributed by atoms with Crippen LogP contribution >= 0.6 is 0 Å². The summed E-state index contributed by atoms with van der Waals surface area (Å²) in [6, 6.07) is 27.5. The maximum Gasteiger partial charge on any atom is 0.159 e. The van der Waals surface area contributed by atoms with Crippen LogP contribution in [0.4, 0.5) is 0 Å². The van der Waals surface area contributed by atoms with Crippen LogP contribution in [-0.4, -0.2) is 16.7 Å². The number of ether oxygens (including phenoxy) is 2. The number of aromatic nitrogens is 2. The van der Waals surface area contributed by atoms with Crippen LogP contribution in [0.1, 0.15) is 11.3 Å². The number of rotatable bonds is 6. The van der Waals surface area contributed by atoms with E-state index in [0.717, 1.165) is 28.3 Å². The molecule has 0 radical (unpaired) electrons. The number of methoxy groups -OCH3 is 1. The first-order valence-electron chi connectivity index (χ1n) is 9.18. The molecule has 142 valence electrons. The van der Waals surface area contributed by atoms with Crippen LogP contribution in [0.3, 0.4) is 0 Å². The highest BCUT2D eigenvalue weighted by Crippen LogP contribution is 2.26. The first-order chi connectivity index (χ1) is 14.3. The van der Waals surface area contributed by atoms with E-state index in [1.165, 1.54) is 0 Å². The molecule has 4 aromatic rings. The van der Waals surface area contributed by atoms with Gasteiger partial charge in [-0.2, -0.15) is 5.26 Å². The Kier molecular flexibility index (Phi) is 5.26. The lowest BCUT2D eigenvalue weighted by Crippen LogP contribution is -1.98. The maximum absolute atomic E-state index is 9.31. The summed E-state index contributed by atoms with van der Waals surface area (Å²) >= 11 is 0. The van der Waals surface area contributed by atoms with Crippen LogP contribution in [0.2, 0.25) is 0 Å². The van der Waals surface area contributed by atoms with E-state index in [4.69, 9.17) is 9.47 Å². The summed E-state index contributed by atoms with van der Waals surface area (Å²) in [5, 5.41) is 9.31. The minimum atomic E-state index is 0.361. The van der Waals surface area contributed by atoms with Gasteiger partial charge in [0.05, 0.1) is 7.11 Å². The second kappa shape index (κ2) is 8.32. The van der Waals surface area contributed by atoms with Crippen molar-refractivity contribution in [2.24, 2.45) is 0 Å². The van der Waals surface area contributed by atoms with Crippen molar-refractivity contribution in [3.63, 3.8) is 0 Å². The van der Waals surface area contributed by atoms with Crippen molar-refractivity contribution in [1.29, 1.82) is 5.26 Å². The van der Waals surface area contributed by atoms with E-state index in [2.05, 4.69) is 11.1 Å². The molecule has 0 aliphatic carbocycles. The number of nitriles is 1. The van der Waals surface area contributed by atoms with E-state index in [0.29, 0.717) is 18.1 Å². The molecular weight excluding hydrogens is 362 g/mol. The summed E-state index contributed by atoms with van der Waals surface area (Å²) in [6.45, 7) is 0.515. The van der Waals surface area contributed by atoms with Gasteiger partial charge in [0.25, 0.3) is 0 Å². The van der Waals surface area contributed by atoms with Crippen LogP contribution < -0.4 is 9.47 Å². The number of nitrogens with zero attached hydrogens (tertiary/aromatic N) is 3. The van der Waals surface area contributed by atoms with Crippen molar-refractivity contribution in [2.75, 3.05) is 7.11 Å². The first-order valence-corrected chi connectivity index (χ1v) is 9.18. The third-order valence-corrected chi connectivity index (χ3v) is 4.53. The SMILES string of the molecule is COc1ccc(-c2nc(C#N)cn2-c2ccc(OCc3ccccc3)cc2)cc1. The molecule has 0 unspecified atom stereocenters. The fourth-order valence-corrected chi connectivity index (χ4v) is 3.02. The Hall–Kier alpha value is -4.04. The van der Waals surface area contributed by atoms with Gasteiger partial charge in [0.1, 0.15) is 30.0 Å². The Bertz CT molecular complexity index is 1130. The monoisotopic (exact) mass is 381 g/mol. The lowest BCUT2D eigenvalue weighted by molar-refractivity contribution is 0.306. The molecule has 4 rings (SSSR count). The van der Waals surface area contributed by atoms with Crippen LogP contribution in [0.5, 0.6) is 11.5 Å². The summed E-state index contributed by atoms with van der Waals surface area (Å²) in [5.74, 6) is 2.25. The number of imidazole rings is 1. The van der Waals surface area contributed by atoms with Gasteiger partial charge in [0.2, 0.25) is 0 Å². The van der Waals surface area contributed by atoms with Crippen LogP contribution in [-0.2, 0) is 6.61 Å². The zero-order chi connectivity index (χ0) is 20.1. The Morgan fingerprint density at radius 2 is 1.59 bits per heavy atom. The Balaban J connectivity index is 1.59. The van der Waals surface area contributed by atoms with Crippen LogP contribution in [0.15, 0.2) is 85.1 Å². The van der Waals surface area contributed by atoms with E-state index in [9.17, 15) is 5.26 Å². The molecule has 0 spiro atoms. The highest BCUT2D eigenvalue weighted by atomic mass is 16.5. The predicted molar refractivity (Wildman–Crippen MR) is 111 cm³/mol. The average molecular weight is 381 g/mol. The zero-order valence-corrected chi connectivity index (χ0v) is 15.9. The number of benzene rings is 3. The van der Waals surface area contributed by atoms with E-state index >= 15 is 0 Å². The molecule has 0 saturated carbocycles. The molecule has 0 bridgehead atoms. The first kappa shape index (κ1) is 18.3. The molecular formula is C24H19N3O2. The molecule has 5 nitrogen and oxygen atoms in total. The van der Waals surface area contributed by atoms with Gasteiger partial charge in [-0.3, -0.25) is 4.57 Å². The molecule has 5 heteroatoms. The van der Waals surface area contributed by atoms with Crippen LogP contribution in [0, 0.1) is 11.3 Å². The third kappa shape index (κ3) is 4.12. The van der Waals surface area contributed by atoms with Crippen molar-refractivity contribution in [3.8, 4) is 34.6 Å². The maximum atomic E-state index is 9.31. The second-order valence-electron chi connectivity index (χ2n) is 6.43. The highest BCUT2D eigenvalue weighted by molar-refractivity contribution is 5.61. The largest absolute Gasteiger partial charge is 0.497 e. The standard InChI is InChI=1S/C24H19N3O2/c1-28-22-11-7-19(8-12-22)24-26-20(15-25)16-27(24)21-9-13-23(14-10-21)29-17-18-5-3-2-4-6-18/h2-14,16H,17H2,1H3. The summed E-state index contributed by atoms with van der Waals surface area (Å²) in [5.41, 5.74) is 3.28. The molecule has 0 amide bonds. The summed E-state index contributed by atoms with van der Waals surface area (Å²) < 4.78 is 13.0. The number of hydrogen-bond donors (Lipinski definition) is 0. The molecule has 0 aliphatic rings. The molecule has 0 aliphatic heterocycles. The molecule has 0 saturated heterocycles. The smallest absolute Gasteiger partial charge is 0.159 e. The quantitative estimate of drug-likeness (QED) is 0.472. The van der Waals surface area contributed by atoms with Crippen molar-refractivity contribution >= 4 is 0 Å². The molecule has 1 heterocycles. The fourth-order valence-electron chi connectivity index (χ4n) is 3.02. The Labute approximate surface area is 169 Å². The number of hydrogen-bond acceptors (Lipinski definition) is 4. The summed E-state index contributed by atoms with van der Waals surface area (Å²) in [7, 11) is 1.63. The van der Waals surface area contributed by atoms with Gasteiger partial charge in [-0.15, -0.1) is 0 Å². The molecule has 3 aromatic carbocycles. The van der Waals surface area contributed by atoms with Crippen LogP contribution in [0.25, 0.3) is 17.1 Å². The van der Waals surface area contributed by atoms with Crippen molar-refractivity contribution < 1.29 is 9.47 Å². The second-order valence-corrected chi connectivity index (χ2v) is 6.43. The van der Waals surface area contributed by atoms with E-state index < -0.39 is 0 Å². The lowest BCUT2D eigenvalue weighted by atomic mass is 10.2. The van der Waals surface area contributed by atoms with E-state index in [1.54, 1.807) is 13.3 Å². The van der Waals surface area contributed by atoms with Crippen molar-refractivity contribution in [3.05, 3.63) is 96.3 Å². The van der Waals surface area contributed by atoms with E-state index in [-0.39, 0.29) is 0 Å². The van der Waals surface area contributed by atoms with E-state index in [1.807, 2.05) is 83.4 Å². The van der Waals surface area contributed by atoms with Gasteiger partial charge >= 0.3 is 0 Å². The van der Waals surface area contributed by atoms with Crippen molar-refractivity contribution in [2.45, 2.75) is 6.61 Å². The van der Waals surface area contributed by atoms with Gasteiger partial charge in [-0.1, -0.05) is 30.3 Å². The van der Waals surface area contributed by atoms with Gasteiger partial charge < -0.3 is 9.47 Å². The topological polar surface area (TPSA) is 60.1 Å². The summed E-state index contributed by atoms with van der Waals surface area (Å²) in [6.07, 6.45) is 1.74. The fraction of sp³-hybridized carbons (Fsp3) is 0.0833. The Morgan fingerprint density at radius 3 is 2.24 bits per heavy atom. The highest BCUT2D eigenvalue weighted by Gasteiger charge is 2.12. The van der Waals surface area contributed by atoms with Gasteiger partial charge in [0, 0.05) is 17.4 Å². The van der Waals surface area contributed by atoms with Gasteiger partial charge in [0.15, 0.2) is 5.69 Å². The molecule has 0 atom stereocenters.